The number of ether oxygens (including phenoxy) is 4. The average Bonchev–Trinajstić information content (AvgIpc) is 2.39. The largest absolute Gasteiger partial charge is 4.00 e. The van der Waals surface area contributed by atoms with Crippen molar-refractivity contribution in [2.45, 2.75) is 0 Å². The molecule has 0 unspecified atom stereocenters. The molecule has 122 valence electrons. The van der Waals surface area contributed by atoms with E-state index in [-0.39, 0.29) is 33.5 Å². The van der Waals surface area contributed by atoms with Gasteiger partial charge in [-0.25, -0.2) is 0 Å². The molecule has 0 amide bonds. The zero-order chi connectivity index (χ0) is 12.7. The zero-order valence-corrected chi connectivity index (χ0v) is 15.0. The Bertz CT molecular complexity index is 108. The van der Waals surface area contributed by atoms with E-state index in [1.807, 2.05) is 0 Å². The maximum absolute atomic E-state index is 4.41. The molecule has 0 aromatic carbocycles. The van der Waals surface area contributed by atoms with Gasteiger partial charge in [0.2, 0.25) is 26.4 Å². The Morgan fingerprint density at radius 1 is 0.450 bits per heavy atom. The van der Waals surface area contributed by atoms with Crippen molar-refractivity contribution in [3.63, 3.8) is 0 Å². The van der Waals surface area contributed by atoms with Crippen molar-refractivity contribution >= 4 is 0 Å². The quantitative estimate of drug-likeness (QED) is 0.328. The van der Waals surface area contributed by atoms with Crippen molar-refractivity contribution in [3.05, 3.63) is 0 Å². The van der Waals surface area contributed by atoms with Crippen LogP contribution in [0.15, 0.2) is 0 Å². The molecule has 0 saturated carbocycles. The molecule has 0 aromatic rings. The first-order valence-corrected chi connectivity index (χ1v) is 6.94. The molecule has 1 aliphatic rings. The first-order valence-electron chi connectivity index (χ1n) is 6.94. The summed E-state index contributed by atoms with van der Waals surface area (Å²) < 4.78 is 17.6. The molecule has 0 atom stereocenters. The van der Waals surface area contributed by atoms with E-state index in [4.69, 9.17) is 0 Å². The van der Waals surface area contributed by atoms with Gasteiger partial charge in [0.1, 0.15) is 0 Å². The maximum atomic E-state index is 4.41. The minimum atomic E-state index is 0. The number of rotatable bonds is 0. The minimum absolute atomic E-state index is 0. The van der Waals surface area contributed by atoms with Crippen LogP contribution in [0.3, 0.4) is 0 Å². The summed E-state index contributed by atoms with van der Waals surface area (Å²) in [5.41, 5.74) is 0. The van der Waals surface area contributed by atoms with Crippen LogP contribution < -0.4 is 23.0 Å². The molecule has 0 radical (unpaired) electrons. The second-order valence-corrected chi connectivity index (χ2v) is 4.18. The minimum Gasteiger partial charge on any atom is -1.00 e. The van der Waals surface area contributed by atoms with Crippen molar-refractivity contribution in [2.75, 3.05) is 79.0 Å². The van der Waals surface area contributed by atoms with E-state index < -0.39 is 0 Å². The normalized spacial score (nSPS) is 21.6. The molecule has 0 aliphatic carbocycles. The Morgan fingerprint density at radius 3 is 0.950 bits per heavy atom. The average molecular weight is 497 g/mol. The molecule has 1 fully saturated rings. The van der Waals surface area contributed by atoms with Gasteiger partial charge in [0.25, 0.3) is 0 Å². The second kappa shape index (κ2) is 19.7. The summed E-state index contributed by atoms with van der Waals surface area (Å²) in [5.74, 6) is 0. The number of hydrogen-bond donors (Lipinski definition) is 2. The monoisotopic (exact) mass is 496 g/mol. The third kappa shape index (κ3) is 16.8. The van der Waals surface area contributed by atoms with E-state index in [1.54, 1.807) is 0 Å². The van der Waals surface area contributed by atoms with Crippen LogP contribution >= 0.6 is 0 Å². The van der Waals surface area contributed by atoms with E-state index in [2.05, 4.69) is 29.6 Å². The molecule has 0 aromatic heterocycles. The molecule has 6 N–H and O–H groups in total. The fourth-order valence-electron chi connectivity index (χ4n) is 1.61. The van der Waals surface area contributed by atoms with Gasteiger partial charge in [-0.1, -0.05) is 0 Å². The standard InChI is InChI=1S/C12H26N2O4.ClH.Pt/c1-5-15-9-10-17-7-3-14-4-8-18-12-11-16-6-2-13-1;;/h13-14H,1-12H2;1H;/q;;+4/p+3. The van der Waals surface area contributed by atoms with E-state index in [0.717, 1.165) is 79.0 Å². The number of nitrogens with one attached hydrogen (secondary N) is 2. The van der Waals surface area contributed by atoms with Gasteiger partial charge in [-0.05, 0) is 0 Å². The number of aliphatic hydroxyl groups is 8. The molecule has 20 heavy (non-hydrogen) atoms. The van der Waals surface area contributed by atoms with Crippen molar-refractivity contribution in [1.29, 1.82) is 0 Å². The van der Waals surface area contributed by atoms with Crippen LogP contribution in [0.25, 0.3) is 0 Å². The Labute approximate surface area is 142 Å². The fourth-order valence-corrected chi connectivity index (χ4v) is 1.61. The van der Waals surface area contributed by atoms with Crippen LogP contribution in [0.4, 0.5) is 0 Å². The molecule has 1 aliphatic heterocycles. The molecular weight excluding hydrogens is 467 g/mol. The van der Waals surface area contributed by atoms with Crippen LogP contribution in [0.1, 0.15) is 0 Å². The predicted octanol–water partition coefficient (Wildman–Crippen LogP) is -5.71. The van der Waals surface area contributed by atoms with Crippen LogP contribution in [-0.2, 0) is 21.1 Å². The first kappa shape index (κ1) is 23.0. The van der Waals surface area contributed by atoms with Gasteiger partial charge in [-0.15, -0.1) is 0 Å². The molecule has 8 heteroatoms. The van der Waals surface area contributed by atoms with E-state index in [0.29, 0.717) is 0 Å². The number of hydrogen-bond acceptors (Lipinski definition) is 2. The third-order valence-electron chi connectivity index (χ3n) is 2.62. The predicted molar refractivity (Wildman–Crippen MR) is 73.6 cm³/mol. The van der Waals surface area contributed by atoms with E-state index >= 15 is 0 Å². The third-order valence-corrected chi connectivity index (χ3v) is 2.62. The SMILES string of the molecule is C1C[OH+]CC[OH+]CCNCC[OH+]CC[OH+]CCN1.[Cl-].[Pt+4]. The topological polar surface area (TPSA) is 75.3 Å². The molecular formula is C12H30ClN2O4Pt+7. The van der Waals surface area contributed by atoms with Crippen LogP contribution in [0, 0.1) is 0 Å². The second-order valence-electron chi connectivity index (χ2n) is 4.18. The molecule has 1 heterocycles. The van der Waals surface area contributed by atoms with Crippen molar-refractivity contribution in [3.8, 4) is 0 Å². The van der Waals surface area contributed by atoms with Crippen molar-refractivity contribution in [2.24, 2.45) is 0 Å². The van der Waals surface area contributed by atoms with Crippen molar-refractivity contribution in [1.82, 2.24) is 10.6 Å². The smallest absolute Gasteiger partial charge is 1.00 e. The molecule has 1 saturated heterocycles. The fraction of sp³-hybridized carbons (Fsp3) is 1.00. The first-order chi connectivity index (χ1) is 9.00. The number of halogens is 1. The molecule has 0 spiro atoms. The van der Waals surface area contributed by atoms with Crippen LogP contribution in [0.5, 0.6) is 0 Å². The Kier molecular flexibility index (Phi) is 22.7. The molecule has 0 bridgehead atoms. The molecule has 6 nitrogen and oxygen atoms in total. The Hall–Kier alpha value is 0.738. The van der Waals surface area contributed by atoms with E-state index in [9.17, 15) is 0 Å². The van der Waals surface area contributed by atoms with Gasteiger partial charge in [0.05, 0.1) is 26.2 Å². The summed E-state index contributed by atoms with van der Waals surface area (Å²) in [7, 11) is 0. The van der Waals surface area contributed by atoms with Gasteiger partial charge in [-0.2, -0.15) is 0 Å². The van der Waals surface area contributed by atoms with E-state index in [1.165, 1.54) is 0 Å². The van der Waals surface area contributed by atoms with Gasteiger partial charge in [0.15, 0.2) is 26.4 Å². The Balaban J connectivity index is 0. The van der Waals surface area contributed by atoms with Crippen LogP contribution in [-0.4, -0.2) is 98.0 Å². The van der Waals surface area contributed by atoms with Crippen LogP contribution in [0.2, 0.25) is 0 Å². The summed E-state index contributed by atoms with van der Waals surface area (Å²) in [6.45, 7) is 10.7. The zero-order valence-electron chi connectivity index (χ0n) is 12.0. The summed E-state index contributed by atoms with van der Waals surface area (Å²) in [6, 6.07) is 0. The van der Waals surface area contributed by atoms with Gasteiger partial charge >= 0.3 is 21.1 Å². The maximum Gasteiger partial charge on any atom is 4.00 e. The summed E-state index contributed by atoms with van der Waals surface area (Å²) in [4.78, 5) is 0. The summed E-state index contributed by atoms with van der Waals surface area (Å²) in [6.07, 6.45) is 0. The van der Waals surface area contributed by atoms with Gasteiger partial charge in [0, 0.05) is 0 Å². The van der Waals surface area contributed by atoms with Gasteiger partial charge < -0.3 is 42.0 Å². The van der Waals surface area contributed by atoms with Crippen molar-refractivity contribution < 1.29 is 52.4 Å². The summed E-state index contributed by atoms with van der Waals surface area (Å²) >= 11 is 0. The summed E-state index contributed by atoms with van der Waals surface area (Å²) in [5, 5.41) is 6.66. The molecule has 1 rings (SSSR count). The Morgan fingerprint density at radius 2 is 0.700 bits per heavy atom. The van der Waals surface area contributed by atoms with Gasteiger partial charge in [-0.3, -0.25) is 0 Å².